The van der Waals surface area contributed by atoms with E-state index in [0.29, 0.717) is 6.54 Å². The summed E-state index contributed by atoms with van der Waals surface area (Å²) in [5.41, 5.74) is 0.688. The number of rotatable bonds is 2. The molecule has 1 aliphatic heterocycles. The third kappa shape index (κ3) is 2.62. The predicted octanol–water partition coefficient (Wildman–Crippen LogP) is 1.87. The van der Waals surface area contributed by atoms with Gasteiger partial charge in [-0.05, 0) is 32.0 Å². The van der Waals surface area contributed by atoms with Gasteiger partial charge in [-0.1, -0.05) is 22.0 Å². The van der Waals surface area contributed by atoms with Crippen LogP contribution in [0, 0.1) is 0 Å². The van der Waals surface area contributed by atoms with Crippen molar-refractivity contribution in [1.29, 1.82) is 0 Å². The Bertz CT molecular complexity index is 490. The van der Waals surface area contributed by atoms with Gasteiger partial charge in [0, 0.05) is 23.8 Å². The quantitative estimate of drug-likeness (QED) is 0.902. The molecule has 1 atom stereocenters. The first-order chi connectivity index (χ1) is 8.86. The van der Waals surface area contributed by atoms with Gasteiger partial charge in [0.25, 0.3) is 0 Å². The lowest BCUT2D eigenvalue weighted by Crippen LogP contribution is -2.66. The monoisotopic (exact) mass is 326 g/mol. The largest absolute Gasteiger partial charge is 0.394 e. The van der Waals surface area contributed by atoms with E-state index in [1.54, 1.807) is 11.9 Å². The Balaban J connectivity index is 2.40. The van der Waals surface area contributed by atoms with Gasteiger partial charge in [0.1, 0.15) is 6.04 Å². The third-order valence-electron chi connectivity index (χ3n) is 3.77. The fraction of sp³-hybridized carbons (Fsp3) is 0.500. The van der Waals surface area contributed by atoms with E-state index in [-0.39, 0.29) is 18.1 Å². The van der Waals surface area contributed by atoms with E-state index < -0.39 is 6.04 Å². The van der Waals surface area contributed by atoms with Crippen LogP contribution in [0.3, 0.4) is 0 Å². The minimum Gasteiger partial charge on any atom is -0.394 e. The molecule has 0 saturated carbocycles. The second-order valence-electron chi connectivity index (χ2n) is 5.52. The van der Waals surface area contributed by atoms with Gasteiger partial charge in [-0.25, -0.2) is 0 Å². The summed E-state index contributed by atoms with van der Waals surface area (Å²) in [7, 11) is 1.79. The summed E-state index contributed by atoms with van der Waals surface area (Å²) in [6, 6.07) is 7.30. The molecule has 0 aliphatic carbocycles. The maximum absolute atomic E-state index is 12.4. The summed E-state index contributed by atoms with van der Waals surface area (Å²) in [4.78, 5) is 16.1. The number of aliphatic hydroxyl groups is 1. The van der Waals surface area contributed by atoms with E-state index in [1.165, 1.54) is 0 Å². The molecular weight excluding hydrogens is 308 g/mol. The molecule has 5 heteroatoms. The normalized spacial score (nSPS) is 22.8. The molecule has 0 radical (unpaired) electrons. The van der Waals surface area contributed by atoms with Gasteiger partial charge in [-0.15, -0.1) is 0 Å². The van der Waals surface area contributed by atoms with E-state index >= 15 is 0 Å². The van der Waals surface area contributed by atoms with Crippen LogP contribution >= 0.6 is 15.9 Å². The Hall–Kier alpha value is -1.07. The Labute approximate surface area is 122 Å². The number of benzene rings is 1. The van der Waals surface area contributed by atoms with E-state index in [1.807, 2.05) is 43.0 Å². The van der Waals surface area contributed by atoms with Crippen molar-refractivity contribution >= 4 is 27.5 Å². The number of anilines is 1. The van der Waals surface area contributed by atoms with Crippen LogP contribution in [0.25, 0.3) is 0 Å². The molecular formula is C14H19BrN2O2. The van der Waals surface area contributed by atoms with Gasteiger partial charge >= 0.3 is 0 Å². The van der Waals surface area contributed by atoms with E-state index in [2.05, 4.69) is 15.9 Å². The summed E-state index contributed by atoms with van der Waals surface area (Å²) < 4.78 is 0.964. The summed E-state index contributed by atoms with van der Waals surface area (Å²) in [6.07, 6.45) is 0. The van der Waals surface area contributed by atoms with Crippen LogP contribution in [-0.2, 0) is 4.79 Å². The minimum atomic E-state index is -0.507. The van der Waals surface area contributed by atoms with Gasteiger partial charge in [-0.2, -0.15) is 0 Å². The van der Waals surface area contributed by atoms with Crippen LogP contribution in [0.1, 0.15) is 13.8 Å². The van der Waals surface area contributed by atoms with Crippen LogP contribution in [0.2, 0.25) is 0 Å². The number of hydrogen-bond donors (Lipinski definition) is 1. The minimum absolute atomic E-state index is 0.0428. The number of carbonyl (C=O) groups excluding carboxylic acids is 1. The van der Waals surface area contributed by atoms with Crippen LogP contribution in [0.15, 0.2) is 28.7 Å². The van der Waals surface area contributed by atoms with Crippen LogP contribution < -0.4 is 4.90 Å². The number of likely N-dealkylation sites (N-methyl/N-ethyl adjacent to an activating group) is 1. The number of amides is 1. The van der Waals surface area contributed by atoms with Gasteiger partial charge < -0.3 is 14.9 Å². The Morgan fingerprint density at radius 3 is 2.74 bits per heavy atom. The topological polar surface area (TPSA) is 43.8 Å². The predicted molar refractivity (Wildman–Crippen MR) is 79.2 cm³/mol. The van der Waals surface area contributed by atoms with Gasteiger partial charge in [0.15, 0.2) is 0 Å². The molecule has 1 aromatic rings. The lowest BCUT2D eigenvalue weighted by atomic mass is 9.95. The Kier molecular flexibility index (Phi) is 3.87. The molecule has 0 bridgehead atoms. The number of halogens is 1. The second kappa shape index (κ2) is 5.13. The van der Waals surface area contributed by atoms with Gasteiger partial charge in [0.2, 0.25) is 5.91 Å². The molecule has 1 amide bonds. The van der Waals surface area contributed by atoms with Crippen molar-refractivity contribution in [2.45, 2.75) is 25.4 Å². The molecule has 1 N–H and O–H groups in total. The summed E-state index contributed by atoms with van der Waals surface area (Å²) in [5.74, 6) is -0.0428. The molecule has 1 aromatic carbocycles. The molecule has 0 aromatic heterocycles. The van der Waals surface area contributed by atoms with Crippen molar-refractivity contribution in [2.75, 3.05) is 25.1 Å². The second-order valence-corrected chi connectivity index (χ2v) is 6.43. The maximum Gasteiger partial charge on any atom is 0.247 e. The molecule has 4 nitrogen and oxygen atoms in total. The van der Waals surface area contributed by atoms with Crippen molar-refractivity contribution in [3.05, 3.63) is 28.7 Å². The SMILES string of the molecule is CN1C(=O)C(CO)N(c2cccc(Br)c2)CC1(C)C. The molecule has 2 rings (SSSR count). The highest BCUT2D eigenvalue weighted by Gasteiger charge is 2.42. The first-order valence-corrected chi connectivity index (χ1v) is 7.07. The van der Waals surface area contributed by atoms with E-state index in [4.69, 9.17) is 0 Å². The highest BCUT2D eigenvalue weighted by molar-refractivity contribution is 9.10. The highest BCUT2D eigenvalue weighted by Crippen LogP contribution is 2.30. The molecule has 0 spiro atoms. The third-order valence-corrected chi connectivity index (χ3v) is 4.26. The van der Waals surface area contributed by atoms with Crippen LogP contribution in [0.5, 0.6) is 0 Å². The summed E-state index contributed by atoms with van der Waals surface area (Å²) in [5, 5.41) is 9.55. The highest BCUT2D eigenvalue weighted by atomic mass is 79.9. The van der Waals surface area contributed by atoms with Crippen molar-refractivity contribution in [3.8, 4) is 0 Å². The number of carbonyl (C=O) groups is 1. The van der Waals surface area contributed by atoms with Crippen molar-refractivity contribution < 1.29 is 9.90 Å². The zero-order valence-corrected chi connectivity index (χ0v) is 13.0. The lowest BCUT2D eigenvalue weighted by molar-refractivity contribution is -0.139. The molecule has 1 saturated heterocycles. The average molecular weight is 327 g/mol. The molecule has 1 fully saturated rings. The lowest BCUT2D eigenvalue weighted by Gasteiger charge is -2.49. The number of nitrogens with zero attached hydrogens (tertiary/aromatic N) is 2. The molecule has 104 valence electrons. The first-order valence-electron chi connectivity index (χ1n) is 6.27. The summed E-state index contributed by atoms with van der Waals surface area (Å²) in [6.45, 7) is 4.58. The number of aliphatic hydroxyl groups excluding tert-OH is 1. The Morgan fingerprint density at radius 1 is 1.47 bits per heavy atom. The number of hydrogen-bond acceptors (Lipinski definition) is 3. The average Bonchev–Trinajstić information content (AvgIpc) is 2.35. The van der Waals surface area contributed by atoms with Crippen molar-refractivity contribution in [3.63, 3.8) is 0 Å². The molecule has 1 aliphatic rings. The van der Waals surface area contributed by atoms with Gasteiger partial charge in [-0.3, -0.25) is 4.79 Å². The van der Waals surface area contributed by atoms with E-state index in [0.717, 1.165) is 10.2 Å². The zero-order valence-electron chi connectivity index (χ0n) is 11.4. The smallest absolute Gasteiger partial charge is 0.247 e. The fourth-order valence-electron chi connectivity index (χ4n) is 2.39. The zero-order chi connectivity index (χ0) is 14.2. The number of piperazine rings is 1. The fourth-order valence-corrected chi connectivity index (χ4v) is 2.78. The van der Waals surface area contributed by atoms with E-state index in [9.17, 15) is 9.90 Å². The maximum atomic E-state index is 12.4. The Morgan fingerprint density at radius 2 is 2.16 bits per heavy atom. The molecule has 19 heavy (non-hydrogen) atoms. The molecule has 1 unspecified atom stereocenters. The van der Waals surface area contributed by atoms with Crippen LogP contribution in [-0.4, -0.2) is 47.7 Å². The van der Waals surface area contributed by atoms with Gasteiger partial charge in [0.05, 0.1) is 12.1 Å². The van der Waals surface area contributed by atoms with Crippen LogP contribution in [0.4, 0.5) is 5.69 Å². The summed E-state index contributed by atoms with van der Waals surface area (Å²) >= 11 is 3.44. The first kappa shape index (κ1) is 14.3. The molecule has 1 heterocycles. The van der Waals surface area contributed by atoms with Crippen molar-refractivity contribution in [2.24, 2.45) is 0 Å². The standard InChI is InChI=1S/C14H19BrN2O2/c1-14(2)9-17(11-6-4-5-10(15)7-11)12(8-18)13(19)16(14)3/h4-7,12,18H,8-9H2,1-3H3. The van der Waals surface area contributed by atoms with Crippen molar-refractivity contribution in [1.82, 2.24) is 4.90 Å².